The molecule has 0 spiro atoms. The summed E-state index contributed by atoms with van der Waals surface area (Å²) in [6, 6.07) is 2.14. The van der Waals surface area contributed by atoms with Crippen LogP contribution in [0.25, 0.3) is 6.08 Å². The largest absolute Gasteiger partial charge is 0.299 e. The number of rotatable bonds is 5. The van der Waals surface area contributed by atoms with Crippen LogP contribution in [-0.4, -0.2) is 6.29 Å². The van der Waals surface area contributed by atoms with E-state index in [2.05, 4.69) is 18.4 Å². The van der Waals surface area contributed by atoms with Gasteiger partial charge >= 0.3 is 0 Å². The lowest BCUT2D eigenvalue weighted by atomic mass is 10.1. The molecule has 13 heavy (non-hydrogen) atoms. The molecule has 0 atom stereocenters. The van der Waals surface area contributed by atoms with Gasteiger partial charge in [0.2, 0.25) is 0 Å². The minimum Gasteiger partial charge on any atom is -0.299 e. The lowest BCUT2D eigenvalue weighted by Crippen LogP contribution is -1.83. The molecule has 0 radical (unpaired) electrons. The van der Waals surface area contributed by atoms with Crippen molar-refractivity contribution in [3.8, 4) is 0 Å². The number of hydrogen-bond acceptors (Lipinski definition) is 2. The zero-order valence-electron chi connectivity index (χ0n) is 7.82. The Kier molecular flexibility index (Phi) is 4.47. The van der Waals surface area contributed by atoms with Crippen molar-refractivity contribution in [3.05, 3.63) is 28.0 Å². The van der Waals surface area contributed by atoms with Crippen molar-refractivity contribution in [1.82, 2.24) is 0 Å². The molecule has 0 N–H and O–H groups in total. The molecule has 0 amide bonds. The number of hydrogen-bond donors (Lipinski definition) is 0. The maximum absolute atomic E-state index is 10.1. The van der Waals surface area contributed by atoms with E-state index in [9.17, 15) is 4.79 Å². The topological polar surface area (TPSA) is 17.1 Å². The average molecular weight is 194 g/mol. The van der Waals surface area contributed by atoms with Crippen LogP contribution in [-0.2, 0) is 11.2 Å². The SMILES string of the molecule is CCCCc1ccsc1C=CC=O. The molecule has 0 unspecified atom stereocenters. The van der Waals surface area contributed by atoms with E-state index in [4.69, 9.17) is 0 Å². The molecule has 1 heterocycles. The number of aryl methyl sites for hydroxylation is 1. The summed E-state index contributed by atoms with van der Waals surface area (Å²) in [5.41, 5.74) is 1.37. The van der Waals surface area contributed by atoms with E-state index in [-0.39, 0.29) is 0 Å². The molecule has 0 saturated heterocycles. The Morgan fingerprint density at radius 2 is 2.38 bits per heavy atom. The third-order valence-corrected chi connectivity index (χ3v) is 2.83. The smallest absolute Gasteiger partial charge is 0.142 e. The van der Waals surface area contributed by atoms with Crippen LogP contribution in [0.3, 0.4) is 0 Å². The van der Waals surface area contributed by atoms with Crippen LogP contribution in [0.15, 0.2) is 17.5 Å². The monoisotopic (exact) mass is 194 g/mol. The van der Waals surface area contributed by atoms with Crippen LogP contribution in [0.2, 0.25) is 0 Å². The van der Waals surface area contributed by atoms with Gasteiger partial charge in [0, 0.05) is 4.88 Å². The number of unbranched alkanes of at least 4 members (excludes halogenated alkanes) is 1. The first-order valence-corrected chi connectivity index (χ1v) is 5.44. The molecule has 0 aliphatic rings. The fourth-order valence-corrected chi connectivity index (χ4v) is 2.05. The van der Waals surface area contributed by atoms with Crippen LogP contribution < -0.4 is 0 Å². The van der Waals surface area contributed by atoms with Crippen molar-refractivity contribution in [2.75, 3.05) is 0 Å². The van der Waals surface area contributed by atoms with Gasteiger partial charge in [0.1, 0.15) is 6.29 Å². The van der Waals surface area contributed by atoms with E-state index in [0.717, 1.165) is 12.7 Å². The van der Waals surface area contributed by atoms with Gasteiger partial charge in [-0.3, -0.25) is 4.79 Å². The quantitative estimate of drug-likeness (QED) is 0.519. The zero-order valence-corrected chi connectivity index (χ0v) is 8.64. The Balaban J connectivity index is 2.65. The normalized spacial score (nSPS) is 10.8. The van der Waals surface area contributed by atoms with Gasteiger partial charge in [0.05, 0.1) is 0 Å². The zero-order chi connectivity index (χ0) is 9.52. The molecule has 70 valence electrons. The average Bonchev–Trinajstić information content (AvgIpc) is 2.59. The number of carbonyl (C=O) groups excluding carboxylic acids is 1. The third kappa shape index (κ3) is 3.15. The maximum atomic E-state index is 10.1. The van der Waals surface area contributed by atoms with Crippen molar-refractivity contribution in [1.29, 1.82) is 0 Å². The van der Waals surface area contributed by atoms with Gasteiger partial charge in [-0.2, -0.15) is 0 Å². The van der Waals surface area contributed by atoms with Crippen LogP contribution in [0.4, 0.5) is 0 Å². The van der Waals surface area contributed by atoms with E-state index in [0.29, 0.717) is 0 Å². The predicted octanol–water partition coefficient (Wildman–Crippen LogP) is 3.30. The number of carbonyl (C=O) groups is 1. The Morgan fingerprint density at radius 1 is 1.54 bits per heavy atom. The summed E-state index contributed by atoms with van der Waals surface area (Å²) in [5, 5.41) is 2.08. The molecule has 0 aliphatic heterocycles. The van der Waals surface area contributed by atoms with Gasteiger partial charge in [-0.1, -0.05) is 13.3 Å². The lowest BCUT2D eigenvalue weighted by molar-refractivity contribution is -0.104. The Morgan fingerprint density at radius 3 is 3.08 bits per heavy atom. The molecular weight excluding hydrogens is 180 g/mol. The number of allylic oxidation sites excluding steroid dienone is 1. The second-order valence-electron chi connectivity index (χ2n) is 2.91. The molecule has 1 rings (SSSR count). The molecule has 1 nitrogen and oxygen atoms in total. The maximum Gasteiger partial charge on any atom is 0.142 e. The highest BCUT2D eigenvalue weighted by molar-refractivity contribution is 7.11. The van der Waals surface area contributed by atoms with Crippen LogP contribution in [0.1, 0.15) is 30.2 Å². The van der Waals surface area contributed by atoms with E-state index < -0.39 is 0 Å². The number of thiophene rings is 1. The fourth-order valence-electron chi connectivity index (χ4n) is 1.19. The standard InChI is InChI=1S/C11H14OS/c1-2-3-5-10-7-9-13-11(10)6-4-8-12/h4,6-9H,2-3,5H2,1H3. The van der Waals surface area contributed by atoms with Crippen molar-refractivity contribution < 1.29 is 4.79 Å². The summed E-state index contributed by atoms with van der Waals surface area (Å²) in [4.78, 5) is 11.4. The summed E-state index contributed by atoms with van der Waals surface area (Å²) < 4.78 is 0. The Bertz CT molecular complexity index is 286. The second-order valence-corrected chi connectivity index (χ2v) is 3.86. The van der Waals surface area contributed by atoms with Gasteiger partial charge in [0.25, 0.3) is 0 Å². The molecule has 1 aromatic rings. The molecule has 0 aromatic carbocycles. The predicted molar refractivity (Wildman–Crippen MR) is 58.0 cm³/mol. The molecule has 2 heteroatoms. The van der Waals surface area contributed by atoms with E-state index >= 15 is 0 Å². The Hall–Kier alpha value is -0.890. The van der Waals surface area contributed by atoms with Gasteiger partial charge in [-0.15, -0.1) is 11.3 Å². The van der Waals surface area contributed by atoms with Crippen LogP contribution in [0, 0.1) is 0 Å². The van der Waals surface area contributed by atoms with Crippen molar-refractivity contribution in [3.63, 3.8) is 0 Å². The second kappa shape index (κ2) is 5.70. The molecule has 0 saturated carbocycles. The minimum absolute atomic E-state index is 0.823. The van der Waals surface area contributed by atoms with E-state index in [1.165, 1.54) is 23.3 Å². The Labute approximate surface area is 83.1 Å². The highest BCUT2D eigenvalue weighted by Gasteiger charge is 1.99. The summed E-state index contributed by atoms with van der Waals surface area (Å²) in [6.07, 6.45) is 7.83. The summed E-state index contributed by atoms with van der Waals surface area (Å²) in [7, 11) is 0. The lowest BCUT2D eigenvalue weighted by Gasteiger charge is -1.96. The summed E-state index contributed by atoms with van der Waals surface area (Å²) >= 11 is 1.69. The van der Waals surface area contributed by atoms with E-state index in [1.807, 2.05) is 6.08 Å². The van der Waals surface area contributed by atoms with Gasteiger partial charge in [0.15, 0.2) is 0 Å². The van der Waals surface area contributed by atoms with Gasteiger partial charge in [-0.05, 0) is 42.0 Å². The molecule has 0 bridgehead atoms. The van der Waals surface area contributed by atoms with Crippen molar-refractivity contribution >= 4 is 23.7 Å². The summed E-state index contributed by atoms with van der Waals surface area (Å²) in [5.74, 6) is 0. The van der Waals surface area contributed by atoms with Gasteiger partial charge < -0.3 is 0 Å². The fraction of sp³-hybridized carbons (Fsp3) is 0.364. The first-order chi connectivity index (χ1) is 6.38. The molecule has 0 aliphatic carbocycles. The van der Waals surface area contributed by atoms with Crippen molar-refractivity contribution in [2.45, 2.75) is 26.2 Å². The molecular formula is C11H14OS. The van der Waals surface area contributed by atoms with Gasteiger partial charge in [-0.25, -0.2) is 0 Å². The first kappa shape index (κ1) is 10.2. The van der Waals surface area contributed by atoms with Crippen molar-refractivity contribution in [2.24, 2.45) is 0 Å². The molecule has 0 fully saturated rings. The summed E-state index contributed by atoms with van der Waals surface area (Å²) in [6.45, 7) is 2.19. The minimum atomic E-state index is 0.823. The first-order valence-electron chi connectivity index (χ1n) is 4.56. The van der Waals surface area contributed by atoms with E-state index in [1.54, 1.807) is 17.4 Å². The third-order valence-electron chi connectivity index (χ3n) is 1.91. The highest BCUT2D eigenvalue weighted by atomic mass is 32.1. The number of aldehydes is 1. The highest BCUT2D eigenvalue weighted by Crippen LogP contribution is 2.20. The van der Waals surface area contributed by atoms with Crippen LogP contribution in [0.5, 0.6) is 0 Å². The molecule has 1 aromatic heterocycles. The van der Waals surface area contributed by atoms with Crippen LogP contribution >= 0.6 is 11.3 Å².